The Morgan fingerprint density at radius 3 is 2.73 bits per heavy atom. The number of nitrogens with one attached hydrogen (secondary N) is 1. The Morgan fingerprint density at radius 1 is 1.67 bits per heavy atom. The van der Waals surface area contributed by atoms with Gasteiger partial charge in [-0.25, -0.2) is 4.98 Å². The first-order chi connectivity index (χ1) is 6.70. The third kappa shape index (κ3) is 2.13. The molecule has 15 heavy (non-hydrogen) atoms. The molecule has 84 valence electrons. The highest BCUT2D eigenvalue weighted by molar-refractivity contribution is 5.93. The molecule has 1 aliphatic rings. The Bertz CT molecular complexity index is 349. The summed E-state index contributed by atoms with van der Waals surface area (Å²) in [5.74, 6) is 0.511. The predicted octanol–water partition coefficient (Wildman–Crippen LogP) is 0.449. The fraction of sp³-hybridized carbons (Fsp3) is 0.556. The number of hydrogen-bond acceptors (Lipinski definition) is 4. The number of halogens is 1. The van der Waals surface area contributed by atoms with Gasteiger partial charge in [-0.1, -0.05) is 0 Å². The highest BCUT2D eigenvalue weighted by Crippen LogP contribution is 2.11. The minimum atomic E-state index is -0.0669. The molecule has 1 aromatic heterocycles. The fourth-order valence-electron chi connectivity index (χ4n) is 1.39. The molecule has 0 spiro atoms. The van der Waals surface area contributed by atoms with Gasteiger partial charge in [-0.15, -0.1) is 12.4 Å². The maximum atomic E-state index is 11.8. The van der Waals surface area contributed by atoms with Crippen LogP contribution in [0.2, 0.25) is 0 Å². The summed E-state index contributed by atoms with van der Waals surface area (Å²) in [6.45, 7) is 3.46. The van der Waals surface area contributed by atoms with Crippen LogP contribution in [0.5, 0.6) is 0 Å². The quantitative estimate of drug-likeness (QED) is 0.803. The van der Waals surface area contributed by atoms with E-state index in [9.17, 15) is 4.79 Å². The molecule has 0 bridgehead atoms. The molecule has 1 aliphatic heterocycles. The standard InChI is InChI=1S/C9H13N3O2.ClH/c1-6-8(11-5-14-6)9(13)12(2)7-3-10-4-7;/h5,7,10H,3-4H2,1-2H3;1H. The van der Waals surface area contributed by atoms with E-state index in [2.05, 4.69) is 10.3 Å². The zero-order chi connectivity index (χ0) is 10.1. The summed E-state index contributed by atoms with van der Waals surface area (Å²) in [6, 6.07) is 0.290. The molecule has 1 saturated heterocycles. The van der Waals surface area contributed by atoms with Gasteiger partial charge < -0.3 is 14.6 Å². The number of hydrogen-bond donors (Lipinski definition) is 1. The van der Waals surface area contributed by atoms with Crippen LogP contribution in [-0.2, 0) is 0 Å². The molecular formula is C9H14ClN3O2. The SMILES string of the molecule is Cc1ocnc1C(=O)N(C)C1CNC1.Cl. The molecule has 5 nitrogen and oxygen atoms in total. The van der Waals surface area contributed by atoms with Crippen molar-refractivity contribution in [1.29, 1.82) is 0 Å². The van der Waals surface area contributed by atoms with Gasteiger partial charge in [0.25, 0.3) is 5.91 Å². The molecule has 1 N–H and O–H groups in total. The molecule has 2 rings (SSSR count). The summed E-state index contributed by atoms with van der Waals surface area (Å²) in [7, 11) is 1.79. The van der Waals surface area contributed by atoms with Crippen molar-refractivity contribution < 1.29 is 9.21 Å². The van der Waals surface area contributed by atoms with E-state index in [1.165, 1.54) is 6.39 Å². The zero-order valence-corrected chi connectivity index (χ0v) is 9.50. The van der Waals surface area contributed by atoms with E-state index in [0.29, 0.717) is 17.5 Å². The summed E-state index contributed by atoms with van der Waals surface area (Å²) in [4.78, 5) is 17.4. The van der Waals surface area contributed by atoms with Crippen molar-refractivity contribution in [3.8, 4) is 0 Å². The number of nitrogens with zero attached hydrogens (tertiary/aromatic N) is 2. The Balaban J connectivity index is 0.00000112. The maximum absolute atomic E-state index is 11.8. The monoisotopic (exact) mass is 231 g/mol. The van der Waals surface area contributed by atoms with Crippen molar-refractivity contribution in [2.45, 2.75) is 13.0 Å². The third-order valence-electron chi connectivity index (χ3n) is 2.58. The van der Waals surface area contributed by atoms with E-state index in [4.69, 9.17) is 4.42 Å². The second kappa shape index (κ2) is 4.63. The zero-order valence-electron chi connectivity index (χ0n) is 8.69. The van der Waals surface area contributed by atoms with Gasteiger partial charge in [-0.05, 0) is 6.92 Å². The molecular weight excluding hydrogens is 218 g/mol. The lowest BCUT2D eigenvalue weighted by Gasteiger charge is -2.35. The normalized spacial score (nSPS) is 15.3. The second-order valence-corrected chi connectivity index (χ2v) is 3.49. The van der Waals surface area contributed by atoms with Gasteiger partial charge in [0.05, 0.1) is 6.04 Å². The van der Waals surface area contributed by atoms with Crippen LogP contribution < -0.4 is 5.32 Å². The Labute approximate surface area is 94.3 Å². The Hall–Kier alpha value is -1.07. The van der Waals surface area contributed by atoms with Crippen LogP contribution in [0.1, 0.15) is 16.2 Å². The summed E-state index contributed by atoms with van der Waals surface area (Å²) >= 11 is 0. The van der Waals surface area contributed by atoms with Crippen LogP contribution in [0.25, 0.3) is 0 Å². The average molecular weight is 232 g/mol. The van der Waals surface area contributed by atoms with Crippen molar-refractivity contribution in [2.75, 3.05) is 20.1 Å². The molecule has 1 fully saturated rings. The van der Waals surface area contributed by atoms with Crippen LogP contribution >= 0.6 is 12.4 Å². The first kappa shape index (κ1) is 12.0. The molecule has 6 heteroatoms. The highest BCUT2D eigenvalue weighted by Gasteiger charge is 2.28. The smallest absolute Gasteiger partial charge is 0.276 e. The van der Waals surface area contributed by atoms with Crippen molar-refractivity contribution in [2.24, 2.45) is 0 Å². The number of oxazole rings is 1. The maximum Gasteiger partial charge on any atom is 0.276 e. The molecule has 1 amide bonds. The number of aromatic nitrogens is 1. The summed E-state index contributed by atoms with van der Waals surface area (Å²) in [6.07, 6.45) is 1.30. The Morgan fingerprint density at radius 2 is 2.33 bits per heavy atom. The minimum absolute atomic E-state index is 0. The topological polar surface area (TPSA) is 58.4 Å². The van der Waals surface area contributed by atoms with Gasteiger partial charge in [0.2, 0.25) is 0 Å². The van der Waals surface area contributed by atoms with Crippen molar-refractivity contribution >= 4 is 18.3 Å². The largest absolute Gasteiger partial charge is 0.448 e. The van der Waals surface area contributed by atoms with E-state index in [-0.39, 0.29) is 18.3 Å². The molecule has 0 atom stereocenters. The lowest BCUT2D eigenvalue weighted by Crippen LogP contribution is -2.57. The molecule has 0 saturated carbocycles. The van der Waals surface area contributed by atoms with Crippen LogP contribution in [0.3, 0.4) is 0 Å². The number of carbonyl (C=O) groups excluding carboxylic acids is 1. The van der Waals surface area contributed by atoms with Crippen LogP contribution in [0, 0.1) is 6.92 Å². The number of likely N-dealkylation sites (N-methyl/N-ethyl adjacent to an activating group) is 1. The van der Waals surface area contributed by atoms with Gasteiger partial charge in [-0.3, -0.25) is 4.79 Å². The lowest BCUT2D eigenvalue weighted by atomic mass is 10.1. The predicted molar refractivity (Wildman–Crippen MR) is 57.2 cm³/mol. The van der Waals surface area contributed by atoms with E-state index in [0.717, 1.165) is 13.1 Å². The minimum Gasteiger partial charge on any atom is -0.448 e. The molecule has 0 aromatic carbocycles. The van der Waals surface area contributed by atoms with Crippen LogP contribution in [0.15, 0.2) is 10.8 Å². The summed E-state index contributed by atoms with van der Waals surface area (Å²) in [5, 5.41) is 3.12. The van der Waals surface area contributed by atoms with Crippen LogP contribution in [-0.4, -0.2) is 42.0 Å². The number of carbonyl (C=O) groups is 1. The fourth-order valence-corrected chi connectivity index (χ4v) is 1.39. The summed E-state index contributed by atoms with van der Waals surface area (Å²) in [5.41, 5.74) is 0.416. The molecule has 1 aromatic rings. The van der Waals surface area contributed by atoms with Gasteiger partial charge >= 0.3 is 0 Å². The highest BCUT2D eigenvalue weighted by atomic mass is 35.5. The van der Waals surface area contributed by atoms with E-state index in [1.807, 2.05) is 0 Å². The molecule has 0 unspecified atom stereocenters. The van der Waals surface area contributed by atoms with Gasteiger partial charge in [0.1, 0.15) is 5.76 Å². The molecule has 0 radical (unpaired) electrons. The van der Waals surface area contributed by atoms with Gasteiger partial charge in [-0.2, -0.15) is 0 Å². The number of aryl methyl sites for hydroxylation is 1. The Kier molecular flexibility index (Phi) is 3.71. The lowest BCUT2D eigenvalue weighted by molar-refractivity contribution is 0.0674. The number of rotatable bonds is 2. The van der Waals surface area contributed by atoms with E-state index < -0.39 is 0 Å². The van der Waals surface area contributed by atoms with E-state index in [1.54, 1.807) is 18.9 Å². The van der Waals surface area contributed by atoms with Gasteiger partial charge in [0, 0.05) is 20.1 Å². The van der Waals surface area contributed by atoms with Gasteiger partial charge in [0.15, 0.2) is 12.1 Å². The summed E-state index contributed by atoms with van der Waals surface area (Å²) < 4.78 is 4.99. The van der Waals surface area contributed by atoms with Crippen molar-refractivity contribution in [3.05, 3.63) is 17.8 Å². The van der Waals surface area contributed by atoms with E-state index >= 15 is 0 Å². The van der Waals surface area contributed by atoms with Crippen molar-refractivity contribution in [1.82, 2.24) is 15.2 Å². The number of amides is 1. The van der Waals surface area contributed by atoms with Crippen LogP contribution in [0.4, 0.5) is 0 Å². The average Bonchev–Trinajstić information content (AvgIpc) is 2.47. The third-order valence-corrected chi connectivity index (χ3v) is 2.58. The van der Waals surface area contributed by atoms with Crippen molar-refractivity contribution in [3.63, 3.8) is 0 Å². The molecule has 0 aliphatic carbocycles. The first-order valence-corrected chi connectivity index (χ1v) is 4.58. The molecule has 2 heterocycles. The first-order valence-electron chi connectivity index (χ1n) is 4.58. The second-order valence-electron chi connectivity index (χ2n) is 3.49.